The lowest BCUT2D eigenvalue weighted by Crippen LogP contribution is -2.36. The second kappa shape index (κ2) is 5.90. The Morgan fingerprint density at radius 3 is 2.70 bits per heavy atom. The van der Waals surface area contributed by atoms with Crippen molar-refractivity contribution in [3.8, 4) is 0 Å². The predicted octanol–water partition coefficient (Wildman–Crippen LogP) is 2.83. The van der Waals surface area contributed by atoms with E-state index in [4.69, 9.17) is 5.11 Å². The number of hydrogen-bond acceptors (Lipinski definition) is 2. The molecule has 0 aromatic heterocycles. The molecule has 2 rings (SSSR count). The number of benzene rings is 1. The molecular weight excluding hydrogens is 263 g/mol. The summed E-state index contributed by atoms with van der Waals surface area (Å²) in [7, 11) is 0. The second-order valence-electron chi connectivity index (χ2n) is 5.21. The van der Waals surface area contributed by atoms with Crippen molar-refractivity contribution in [2.24, 2.45) is 5.92 Å². The molecule has 3 N–H and O–H groups in total. The van der Waals surface area contributed by atoms with Crippen LogP contribution in [0.5, 0.6) is 0 Å². The third-order valence-corrected chi connectivity index (χ3v) is 3.49. The summed E-state index contributed by atoms with van der Waals surface area (Å²) < 4.78 is 13.5. The topological polar surface area (TPSA) is 78.4 Å². The Bertz CT molecular complexity index is 533. The number of nitrogens with one attached hydrogen (secondary N) is 2. The number of carbonyl (C=O) groups excluding carboxylic acids is 1. The number of carboxylic acid groups (broad SMARTS) is 1. The highest BCUT2D eigenvalue weighted by Crippen LogP contribution is 2.24. The van der Waals surface area contributed by atoms with Gasteiger partial charge in [0.15, 0.2) is 0 Å². The van der Waals surface area contributed by atoms with Gasteiger partial charge in [-0.25, -0.2) is 14.0 Å². The molecule has 2 unspecified atom stereocenters. The zero-order chi connectivity index (χ0) is 14.7. The van der Waals surface area contributed by atoms with Gasteiger partial charge in [-0.15, -0.1) is 0 Å². The Morgan fingerprint density at radius 2 is 2.10 bits per heavy atom. The van der Waals surface area contributed by atoms with Crippen molar-refractivity contribution in [2.75, 3.05) is 5.32 Å². The van der Waals surface area contributed by atoms with Gasteiger partial charge >= 0.3 is 12.0 Å². The maximum Gasteiger partial charge on any atom is 0.335 e. The monoisotopic (exact) mass is 280 g/mol. The Morgan fingerprint density at radius 1 is 1.35 bits per heavy atom. The molecule has 1 aliphatic rings. The zero-order valence-electron chi connectivity index (χ0n) is 11.1. The average molecular weight is 280 g/mol. The molecule has 0 aliphatic heterocycles. The summed E-state index contributed by atoms with van der Waals surface area (Å²) in [6, 6.07) is 2.87. The van der Waals surface area contributed by atoms with Crippen LogP contribution in [0.1, 0.15) is 36.5 Å². The van der Waals surface area contributed by atoms with Gasteiger partial charge in [0.2, 0.25) is 0 Å². The molecule has 0 saturated heterocycles. The molecule has 0 spiro atoms. The van der Waals surface area contributed by atoms with E-state index >= 15 is 0 Å². The van der Waals surface area contributed by atoms with E-state index in [1.165, 1.54) is 0 Å². The summed E-state index contributed by atoms with van der Waals surface area (Å²) in [5.41, 5.74) is -0.204. The third kappa shape index (κ3) is 3.46. The standard InChI is InChI=1S/C14H17FN2O3/c1-8-2-4-10(6-8)16-14(20)17-12-7-9(13(18)19)3-5-11(12)15/h3,5,7-8,10H,2,4,6H2,1H3,(H,18,19)(H2,16,17,20). The van der Waals surface area contributed by atoms with Crippen LogP contribution in [0.3, 0.4) is 0 Å². The average Bonchev–Trinajstić information content (AvgIpc) is 2.77. The number of aromatic carboxylic acids is 1. The summed E-state index contributed by atoms with van der Waals surface area (Å²) in [4.78, 5) is 22.6. The fourth-order valence-corrected chi connectivity index (χ4v) is 2.44. The van der Waals surface area contributed by atoms with E-state index < -0.39 is 17.8 Å². The van der Waals surface area contributed by atoms with Gasteiger partial charge in [-0.05, 0) is 43.4 Å². The molecule has 2 atom stereocenters. The smallest absolute Gasteiger partial charge is 0.335 e. The molecule has 2 amide bonds. The van der Waals surface area contributed by atoms with Crippen molar-refractivity contribution in [3.05, 3.63) is 29.6 Å². The van der Waals surface area contributed by atoms with Gasteiger partial charge in [0.25, 0.3) is 0 Å². The van der Waals surface area contributed by atoms with E-state index in [1.807, 2.05) is 0 Å². The summed E-state index contributed by atoms with van der Waals surface area (Å²) in [5, 5.41) is 14.0. The number of carboxylic acids is 1. The Hall–Kier alpha value is -2.11. The summed E-state index contributed by atoms with van der Waals surface area (Å²) in [6.07, 6.45) is 2.88. The summed E-state index contributed by atoms with van der Waals surface area (Å²) >= 11 is 0. The molecule has 5 nitrogen and oxygen atoms in total. The number of halogens is 1. The van der Waals surface area contributed by atoms with E-state index in [-0.39, 0.29) is 17.3 Å². The maximum absolute atomic E-state index is 13.5. The summed E-state index contributed by atoms with van der Waals surface area (Å²) in [5.74, 6) is -1.25. The molecule has 1 saturated carbocycles. The molecule has 108 valence electrons. The fourth-order valence-electron chi connectivity index (χ4n) is 2.44. The molecule has 1 aromatic rings. The lowest BCUT2D eigenvalue weighted by molar-refractivity contribution is 0.0697. The van der Waals surface area contributed by atoms with Gasteiger partial charge < -0.3 is 15.7 Å². The van der Waals surface area contributed by atoms with Crippen LogP contribution in [0.4, 0.5) is 14.9 Å². The molecule has 6 heteroatoms. The second-order valence-corrected chi connectivity index (χ2v) is 5.21. The minimum atomic E-state index is -1.17. The van der Waals surface area contributed by atoms with Crippen molar-refractivity contribution in [3.63, 3.8) is 0 Å². The number of amides is 2. The van der Waals surface area contributed by atoms with Gasteiger partial charge in [-0.1, -0.05) is 6.92 Å². The van der Waals surface area contributed by atoms with Crippen LogP contribution in [-0.4, -0.2) is 23.1 Å². The maximum atomic E-state index is 13.5. The van der Waals surface area contributed by atoms with E-state index in [0.717, 1.165) is 37.5 Å². The van der Waals surface area contributed by atoms with Crippen LogP contribution < -0.4 is 10.6 Å². The third-order valence-electron chi connectivity index (χ3n) is 3.49. The van der Waals surface area contributed by atoms with Crippen molar-refractivity contribution >= 4 is 17.7 Å². The van der Waals surface area contributed by atoms with E-state index in [2.05, 4.69) is 17.6 Å². The van der Waals surface area contributed by atoms with Crippen molar-refractivity contribution in [1.82, 2.24) is 5.32 Å². The van der Waals surface area contributed by atoms with E-state index in [9.17, 15) is 14.0 Å². The fraction of sp³-hybridized carbons (Fsp3) is 0.429. The van der Waals surface area contributed by atoms with Gasteiger partial charge in [-0.3, -0.25) is 0 Å². The van der Waals surface area contributed by atoms with E-state index in [1.54, 1.807) is 0 Å². The Balaban J connectivity index is 2.00. The first-order chi connectivity index (χ1) is 9.45. The quantitative estimate of drug-likeness (QED) is 0.796. The largest absolute Gasteiger partial charge is 0.478 e. The molecule has 0 radical (unpaired) electrons. The minimum absolute atomic E-state index is 0.0730. The van der Waals surface area contributed by atoms with Crippen LogP contribution in [-0.2, 0) is 0 Å². The van der Waals surface area contributed by atoms with Crippen LogP contribution in [0, 0.1) is 11.7 Å². The van der Waals surface area contributed by atoms with Crippen molar-refractivity contribution < 1.29 is 19.1 Å². The molecule has 0 bridgehead atoms. The van der Waals surface area contributed by atoms with Crippen molar-refractivity contribution in [1.29, 1.82) is 0 Å². The Labute approximate surface area is 116 Å². The first-order valence-corrected chi connectivity index (χ1v) is 6.56. The SMILES string of the molecule is CC1CCC(NC(=O)Nc2cc(C(=O)O)ccc2F)C1. The van der Waals surface area contributed by atoms with Gasteiger partial charge in [0, 0.05) is 6.04 Å². The molecule has 1 aliphatic carbocycles. The first-order valence-electron chi connectivity index (χ1n) is 6.56. The highest BCUT2D eigenvalue weighted by Gasteiger charge is 2.23. The lowest BCUT2D eigenvalue weighted by atomic mass is 10.1. The van der Waals surface area contributed by atoms with Crippen LogP contribution in [0.2, 0.25) is 0 Å². The van der Waals surface area contributed by atoms with Gasteiger partial charge in [0.1, 0.15) is 5.82 Å². The molecule has 0 heterocycles. The number of urea groups is 1. The predicted molar refractivity (Wildman–Crippen MR) is 72.3 cm³/mol. The zero-order valence-corrected chi connectivity index (χ0v) is 11.1. The molecular formula is C14H17FN2O3. The normalized spacial score (nSPS) is 21.5. The number of carbonyl (C=O) groups is 2. The minimum Gasteiger partial charge on any atom is -0.478 e. The summed E-state index contributed by atoms with van der Waals surface area (Å²) in [6.45, 7) is 2.12. The van der Waals surface area contributed by atoms with E-state index in [0.29, 0.717) is 5.92 Å². The Kier molecular flexibility index (Phi) is 4.22. The van der Waals surface area contributed by atoms with Crippen molar-refractivity contribution in [2.45, 2.75) is 32.2 Å². The van der Waals surface area contributed by atoms with Gasteiger partial charge in [0.05, 0.1) is 11.3 Å². The highest BCUT2D eigenvalue weighted by molar-refractivity contribution is 5.93. The molecule has 1 aromatic carbocycles. The van der Waals surface area contributed by atoms with Gasteiger partial charge in [-0.2, -0.15) is 0 Å². The highest BCUT2D eigenvalue weighted by atomic mass is 19.1. The van der Waals surface area contributed by atoms with Crippen LogP contribution in [0.25, 0.3) is 0 Å². The number of anilines is 1. The van der Waals surface area contributed by atoms with Crippen LogP contribution >= 0.6 is 0 Å². The lowest BCUT2D eigenvalue weighted by Gasteiger charge is -2.14. The number of hydrogen-bond donors (Lipinski definition) is 3. The van der Waals surface area contributed by atoms with Crippen LogP contribution in [0.15, 0.2) is 18.2 Å². The molecule has 20 heavy (non-hydrogen) atoms. The first kappa shape index (κ1) is 14.3. The molecule has 1 fully saturated rings. The number of rotatable bonds is 3.